The molecule has 0 aliphatic heterocycles. The molecule has 0 aliphatic carbocycles. The summed E-state index contributed by atoms with van der Waals surface area (Å²) >= 11 is 3.53. The average molecular weight is 338 g/mol. The van der Waals surface area contributed by atoms with Crippen LogP contribution in [0.2, 0.25) is 0 Å². The minimum absolute atomic E-state index is 0.209. The Morgan fingerprint density at radius 2 is 2.25 bits per heavy atom. The summed E-state index contributed by atoms with van der Waals surface area (Å²) in [5.74, 6) is 1.91. The predicted octanol–water partition coefficient (Wildman–Crippen LogP) is 3.08. The van der Waals surface area contributed by atoms with E-state index < -0.39 is 0 Å². The van der Waals surface area contributed by atoms with Crippen molar-refractivity contribution in [2.75, 3.05) is 13.7 Å². The number of halogens is 1. The van der Waals surface area contributed by atoms with Crippen molar-refractivity contribution < 1.29 is 4.74 Å². The highest BCUT2D eigenvalue weighted by Crippen LogP contribution is 2.27. The predicted molar refractivity (Wildman–Crippen MR) is 84.0 cm³/mol. The smallest absolute Gasteiger partial charge is 0.133 e. The van der Waals surface area contributed by atoms with Gasteiger partial charge in [0.05, 0.1) is 17.6 Å². The Kier molecular flexibility index (Phi) is 5.20. The molecule has 1 heterocycles. The second kappa shape index (κ2) is 6.90. The SMILES string of the molecule is CCNC(Cc1ccc(OC)c(Br)c1)c1nccn1C. The van der Waals surface area contributed by atoms with Gasteiger partial charge in [-0.2, -0.15) is 0 Å². The van der Waals surface area contributed by atoms with Crippen LogP contribution in [-0.2, 0) is 13.5 Å². The summed E-state index contributed by atoms with van der Waals surface area (Å²) in [4.78, 5) is 4.45. The van der Waals surface area contributed by atoms with E-state index in [1.165, 1.54) is 5.56 Å². The van der Waals surface area contributed by atoms with Crippen molar-refractivity contribution in [3.05, 3.63) is 46.5 Å². The molecule has 1 N–H and O–H groups in total. The Hall–Kier alpha value is -1.33. The number of hydrogen-bond acceptors (Lipinski definition) is 3. The molecule has 0 radical (unpaired) electrons. The molecule has 1 aromatic carbocycles. The van der Waals surface area contributed by atoms with Crippen LogP contribution in [0.5, 0.6) is 5.75 Å². The molecular weight excluding hydrogens is 318 g/mol. The Morgan fingerprint density at radius 3 is 2.80 bits per heavy atom. The monoisotopic (exact) mass is 337 g/mol. The molecule has 0 bridgehead atoms. The van der Waals surface area contributed by atoms with E-state index in [0.717, 1.165) is 29.0 Å². The van der Waals surface area contributed by atoms with Crippen molar-refractivity contribution in [3.63, 3.8) is 0 Å². The number of nitrogens with one attached hydrogen (secondary N) is 1. The molecule has 0 spiro atoms. The van der Waals surface area contributed by atoms with Crippen molar-refractivity contribution >= 4 is 15.9 Å². The molecule has 2 rings (SSSR count). The Bertz CT molecular complexity index is 568. The molecule has 1 atom stereocenters. The maximum absolute atomic E-state index is 5.26. The van der Waals surface area contributed by atoms with E-state index in [9.17, 15) is 0 Å². The van der Waals surface area contributed by atoms with Crippen LogP contribution in [0.15, 0.2) is 35.1 Å². The first-order valence-electron chi connectivity index (χ1n) is 6.68. The van der Waals surface area contributed by atoms with Gasteiger partial charge in [0.1, 0.15) is 11.6 Å². The molecule has 1 unspecified atom stereocenters. The maximum Gasteiger partial charge on any atom is 0.133 e. The van der Waals surface area contributed by atoms with Gasteiger partial charge in [0.15, 0.2) is 0 Å². The quantitative estimate of drug-likeness (QED) is 0.880. The zero-order chi connectivity index (χ0) is 14.5. The number of aromatic nitrogens is 2. The fourth-order valence-electron chi connectivity index (χ4n) is 2.29. The van der Waals surface area contributed by atoms with Gasteiger partial charge in [-0.05, 0) is 46.6 Å². The molecule has 20 heavy (non-hydrogen) atoms. The Morgan fingerprint density at radius 1 is 1.45 bits per heavy atom. The number of benzene rings is 1. The van der Waals surface area contributed by atoms with Crippen LogP contribution in [0, 0.1) is 0 Å². The Balaban J connectivity index is 2.20. The summed E-state index contributed by atoms with van der Waals surface area (Å²) in [5, 5.41) is 3.49. The average Bonchev–Trinajstić information content (AvgIpc) is 2.85. The zero-order valence-electron chi connectivity index (χ0n) is 12.1. The maximum atomic E-state index is 5.26. The number of likely N-dealkylation sites (N-methyl/N-ethyl adjacent to an activating group) is 1. The fraction of sp³-hybridized carbons (Fsp3) is 0.400. The van der Waals surface area contributed by atoms with Gasteiger partial charge in [-0.3, -0.25) is 0 Å². The number of imidazole rings is 1. The molecule has 2 aromatic rings. The van der Waals surface area contributed by atoms with Gasteiger partial charge < -0.3 is 14.6 Å². The lowest BCUT2D eigenvalue weighted by Crippen LogP contribution is -2.25. The van der Waals surface area contributed by atoms with Gasteiger partial charge >= 0.3 is 0 Å². The van der Waals surface area contributed by atoms with E-state index in [4.69, 9.17) is 4.74 Å². The first kappa shape index (κ1) is 15.1. The highest BCUT2D eigenvalue weighted by molar-refractivity contribution is 9.10. The van der Waals surface area contributed by atoms with Crippen LogP contribution in [0.1, 0.15) is 24.4 Å². The van der Waals surface area contributed by atoms with Crippen LogP contribution in [0.25, 0.3) is 0 Å². The molecule has 0 amide bonds. The number of ether oxygens (including phenoxy) is 1. The lowest BCUT2D eigenvalue weighted by molar-refractivity contribution is 0.411. The third-order valence-corrected chi connectivity index (χ3v) is 3.90. The number of nitrogens with zero attached hydrogens (tertiary/aromatic N) is 2. The zero-order valence-corrected chi connectivity index (χ0v) is 13.6. The summed E-state index contributed by atoms with van der Waals surface area (Å²) in [7, 11) is 3.70. The number of hydrogen-bond donors (Lipinski definition) is 1. The van der Waals surface area contributed by atoms with Crippen LogP contribution >= 0.6 is 15.9 Å². The van der Waals surface area contributed by atoms with Gasteiger partial charge in [0.2, 0.25) is 0 Å². The van der Waals surface area contributed by atoms with Gasteiger partial charge in [-0.25, -0.2) is 4.98 Å². The molecule has 0 saturated carbocycles. The van der Waals surface area contributed by atoms with E-state index in [2.05, 4.69) is 49.9 Å². The number of aryl methyl sites for hydroxylation is 1. The van der Waals surface area contributed by atoms with E-state index in [1.54, 1.807) is 7.11 Å². The highest BCUT2D eigenvalue weighted by atomic mass is 79.9. The van der Waals surface area contributed by atoms with Crippen LogP contribution in [-0.4, -0.2) is 23.2 Å². The normalized spacial score (nSPS) is 12.4. The van der Waals surface area contributed by atoms with Gasteiger partial charge in [0, 0.05) is 19.4 Å². The standard InChI is InChI=1S/C15H20BrN3O/c1-4-17-13(15-18-7-8-19(15)2)10-11-5-6-14(20-3)12(16)9-11/h5-9,13,17H,4,10H2,1-3H3. The Labute approximate surface area is 128 Å². The van der Waals surface area contributed by atoms with Crippen molar-refractivity contribution in [1.82, 2.24) is 14.9 Å². The van der Waals surface area contributed by atoms with E-state index in [0.29, 0.717) is 0 Å². The summed E-state index contributed by atoms with van der Waals surface area (Å²) in [5.41, 5.74) is 1.24. The molecule has 0 aliphatic rings. The summed E-state index contributed by atoms with van der Waals surface area (Å²) in [6, 6.07) is 6.39. The van der Waals surface area contributed by atoms with E-state index >= 15 is 0 Å². The lowest BCUT2D eigenvalue weighted by atomic mass is 10.0. The summed E-state index contributed by atoms with van der Waals surface area (Å²) < 4.78 is 8.31. The summed E-state index contributed by atoms with van der Waals surface area (Å²) in [6.07, 6.45) is 4.70. The number of methoxy groups -OCH3 is 1. The van der Waals surface area contributed by atoms with E-state index in [-0.39, 0.29) is 6.04 Å². The molecule has 0 fully saturated rings. The molecule has 1 aromatic heterocycles. The third kappa shape index (κ3) is 3.41. The first-order valence-corrected chi connectivity index (χ1v) is 7.48. The second-order valence-corrected chi connectivity index (χ2v) is 5.53. The van der Waals surface area contributed by atoms with Crippen molar-refractivity contribution in [3.8, 4) is 5.75 Å². The summed E-state index contributed by atoms with van der Waals surface area (Å²) in [6.45, 7) is 3.02. The van der Waals surface area contributed by atoms with Gasteiger partial charge in [-0.1, -0.05) is 13.0 Å². The van der Waals surface area contributed by atoms with E-state index in [1.807, 2.05) is 25.5 Å². The fourth-order valence-corrected chi connectivity index (χ4v) is 2.87. The molecular formula is C15H20BrN3O. The molecule has 108 valence electrons. The van der Waals surface area contributed by atoms with Gasteiger partial charge in [-0.15, -0.1) is 0 Å². The minimum atomic E-state index is 0.209. The third-order valence-electron chi connectivity index (χ3n) is 3.28. The van der Waals surface area contributed by atoms with Crippen molar-refractivity contribution in [1.29, 1.82) is 0 Å². The van der Waals surface area contributed by atoms with Crippen LogP contribution in [0.3, 0.4) is 0 Å². The topological polar surface area (TPSA) is 39.1 Å². The molecule has 4 nitrogen and oxygen atoms in total. The highest BCUT2D eigenvalue weighted by Gasteiger charge is 2.16. The van der Waals surface area contributed by atoms with Crippen molar-refractivity contribution in [2.24, 2.45) is 7.05 Å². The van der Waals surface area contributed by atoms with Crippen LogP contribution < -0.4 is 10.1 Å². The number of rotatable bonds is 6. The largest absolute Gasteiger partial charge is 0.496 e. The van der Waals surface area contributed by atoms with Crippen LogP contribution in [0.4, 0.5) is 0 Å². The minimum Gasteiger partial charge on any atom is -0.496 e. The van der Waals surface area contributed by atoms with Crippen molar-refractivity contribution in [2.45, 2.75) is 19.4 Å². The molecule has 5 heteroatoms. The first-order chi connectivity index (χ1) is 9.65. The van der Waals surface area contributed by atoms with Gasteiger partial charge in [0.25, 0.3) is 0 Å². The lowest BCUT2D eigenvalue weighted by Gasteiger charge is -2.18. The molecule has 0 saturated heterocycles. The second-order valence-electron chi connectivity index (χ2n) is 4.68.